The van der Waals surface area contributed by atoms with Gasteiger partial charge in [-0.15, -0.1) is 0 Å². The molecule has 1 atom stereocenters. The van der Waals surface area contributed by atoms with E-state index in [1.165, 1.54) is 0 Å². The van der Waals surface area contributed by atoms with Crippen LogP contribution in [0.3, 0.4) is 0 Å². The number of anilines is 1. The molecule has 0 aliphatic carbocycles. The number of amides is 2. The van der Waals surface area contributed by atoms with Gasteiger partial charge in [0.05, 0.1) is 11.0 Å². The fourth-order valence-electron chi connectivity index (χ4n) is 2.70. The zero-order valence-corrected chi connectivity index (χ0v) is 14.6. The first-order valence-electron chi connectivity index (χ1n) is 8.49. The van der Waals surface area contributed by atoms with Crippen LogP contribution in [0.15, 0.2) is 42.5 Å². The van der Waals surface area contributed by atoms with Crippen molar-refractivity contribution in [2.24, 2.45) is 0 Å². The van der Waals surface area contributed by atoms with Gasteiger partial charge in [0.15, 0.2) is 0 Å². The van der Waals surface area contributed by atoms with Crippen LogP contribution in [0.4, 0.5) is 14.7 Å². The van der Waals surface area contributed by atoms with E-state index in [2.05, 4.69) is 20.6 Å². The summed E-state index contributed by atoms with van der Waals surface area (Å²) in [5.41, 5.74) is 1.27. The van der Waals surface area contributed by atoms with Crippen LogP contribution < -0.4 is 10.6 Å². The number of carbonyl (C=O) groups is 2. The Kier molecular flexibility index (Phi) is 5.44. The summed E-state index contributed by atoms with van der Waals surface area (Å²) in [5, 5.41) is 5.14. The van der Waals surface area contributed by atoms with Crippen LogP contribution in [0.1, 0.15) is 30.1 Å². The lowest BCUT2D eigenvalue weighted by Crippen LogP contribution is -2.44. The molecule has 0 bridgehead atoms. The molecule has 2 aromatic carbocycles. The molecule has 1 heterocycles. The minimum Gasteiger partial charge on any atom is -0.340 e. The topological polar surface area (TPSA) is 86.9 Å². The Labute approximate surface area is 154 Å². The molecule has 3 aromatic rings. The van der Waals surface area contributed by atoms with Crippen molar-refractivity contribution in [2.45, 2.75) is 25.8 Å². The normalized spacial score (nSPS) is 12.0. The number of fused-ring (bicyclic) bond motifs is 1. The SMILES string of the molecule is CCCC(NC(=O)c1cc(F)cc(F)c1)C(=O)Nc1nc2ccccc2[nH]1. The number of hydrogen-bond acceptors (Lipinski definition) is 3. The fraction of sp³-hybridized carbons (Fsp3) is 0.211. The zero-order chi connectivity index (χ0) is 19.4. The van der Waals surface area contributed by atoms with E-state index in [0.717, 1.165) is 17.6 Å². The van der Waals surface area contributed by atoms with E-state index >= 15 is 0 Å². The monoisotopic (exact) mass is 372 g/mol. The van der Waals surface area contributed by atoms with Crippen molar-refractivity contribution in [1.82, 2.24) is 15.3 Å². The highest BCUT2D eigenvalue weighted by Crippen LogP contribution is 2.14. The lowest BCUT2D eigenvalue weighted by atomic mass is 10.1. The summed E-state index contributed by atoms with van der Waals surface area (Å²) in [4.78, 5) is 32.1. The second-order valence-corrected chi connectivity index (χ2v) is 6.06. The van der Waals surface area contributed by atoms with Crippen molar-refractivity contribution in [1.29, 1.82) is 0 Å². The quantitative estimate of drug-likeness (QED) is 0.620. The molecule has 0 aliphatic rings. The van der Waals surface area contributed by atoms with E-state index in [0.29, 0.717) is 24.4 Å². The van der Waals surface area contributed by atoms with E-state index in [9.17, 15) is 18.4 Å². The van der Waals surface area contributed by atoms with Gasteiger partial charge in [-0.1, -0.05) is 25.5 Å². The lowest BCUT2D eigenvalue weighted by Gasteiger charge is -2.17. The second kappa shape index (κ2) is 7.94. The number of nitrogens with zero attached hydrogens (tertiary/aromatic N) is 1. The number of nitrogens with one attached hydrogen (secondary N) is 3. The maximum atomic E-state index is 13.3. The molecule has 0 radical (unpaired) electrons. The first-order valence-corrected chi connectivity index (χ1v) is 8.49. The highest BCUT2D eigenvalue weighted by Gasteiger charge is 2.22. The molecule has 3 rings (SSSR count). The number of hydrogen-bond donors (Lipinski definition) is 3. The van der Waals surface area contributed by atoms with Crippen LogP contribution in [0.25, 0.3) is 11.0 Å². The van der Waals surface area contributed by atoms with Gasteiger partial charge in [-0.25, -0.2) is 13.8 Å². The summed E-state index contributed by atoms with van der Waals surface area (Å²) in [6, 6.07) is 8.91. The van der Waals surface area contributed by atoms with Crippen LogP contribution in [-0.4, -0.2) is 27.8 Å². The first kappa shape index (κ1) is 18.5. The molecule has 1 aromatic heterocycles. The Bertz CT molecular complexity index is 934. The van der Waals surface area contributed by atoms with Crippen molar-refractivity contribution in [2.75, 3.05) is 5.32 Å². The zero-order valence-electron chi connectivity index (χ0n) is 14.6. The summed E-state index contributed by atoms with van der Waals surface area (Å²) < 4.78 is 26.6. The largest absolute Gasteiger partial charge is 0.340 e. The molecular formula is C19H18F2N4O2. The number of para-hydroxylation sites is 2. The van der Waals surface area contributed by atoms with Crippen molar-refractivity contribution in [3.63, 3.8) is 0 Å². The number of benzene rings is 2. The summed E-state index contributed by atoms with van der Waals surface area (Å²) in [5.74, 6) is -2.67. The standard InChI is InChI=1S/C19H18F2N4O2/c1-2-5-16(22-17(26)11-8-12(20)10-13(21)9-11)18(27)25-19-23-14-6-3-4-7-15(14)24-19/h3-4,6-10,16H,2,5H2,1H3,(H,22,26)(H2,23,24,25,27). The van der Waals surface area contributed by atoms with Crippen molar-refractivity contribution >= 4 is 28.8 Å². The molecule has 0 aliphatic heterocycles. The highest BCUT2D eigenvalue weighted by atomic mass is 19.1. The summed E-state index contributed by atoms with van der Waals surface area (Å²) in [7, 11) is 0. The van der Waals surface area contributed by atoms with E-state index in [1.807, 2.05) is 25.1 Å². The molecule has 2 amide bonds. The van der Waals surface area contributed by atoms with Gasteiger partial charge in [0.25, 0.3) is 5.91 Å². The second-order valence-electron chi connectivity index (χ2n) is 6.06. The maximum Gasteiger partial charge on any atom is 0.252 e. The van der Waals surface area contributed by atoms with E-state index in [1.54, 1.807) is 6.07 Å². The summed E-state index contributed by atoms with van der Waals surface area (Å²) in [6.45, 7) is 1.86. The molecule has 0 fully saturated rings. The third-order valence-corrected chi connectivity index (χ3v) is 3.95. The van der Waals surface area contributed by atoms with Gasteiger partial charge < -0.3 is 10.3 Å². The number of aromatic amines is 1. The summed E-state index contributed by atoms with van der Waals surface area (Å²) >= 11 is 0. The van der Waals surface area contributed by atoms with Gasteiger partial charge in [-0.2, -0.15) is 0 Å². The molecule has 0 saturated heterocycles. The number of H-pyrrole nitrogens is 1. The van der Waals surface area contributed by atoms with Gasteiger partial charge in [0.2, 0.25) is 11.9 Å². The minimum atomic E-state index is -0.873. The lowest BCUT2D eigenvalue weighted by molar-refractivity contribution is -0.118. The third kappa shape index (κ3) is 4.46. The van der Waals surface area contributed by atoms with E-state index < -0.39 is 29.5 Å². The molecule has 0 spiro atoms. The predicted octanol–water partition coefficient (Wildman–Crippen LogP) is 3.38. The van der Waals surface area contributed by atoms with Crippen molar-refractivity contribution in [3.05, 3.63) is 59.7 Å². The van der Waals surface area contributed by atoms with Gasteiger partial charge in [0, 0.05) is 11.6 Å². The van der Waals surface area contributed by atoms with Gasteiger partial charge in [-0.3, -0.25) is 14.9 Å². The molecule has 8 heteroatoms. The van der Waals surface area contributed by atoms with Crippen LogP contribution in [0.5, 0.6) is 0 Å². The highest BCUT2D eigenvalue weighted by molar-refractivity contribution is 6.01. The van der Waals surface area contributed by atoms with Gasteiger partial charge in [0.1, 0.15) is 17.7 Å². The number of aromatic nitrogens is 2. The van der Waals surface area contributed by atoms with Crippen LogP contribution in [-0.2, 0) is 4.79 Å². The van der Waals surface area contributed by atoms with Crippen LogP contribution in [0, 0.1) is 11.6 Å². The Balaban J connectivity index is 1.73. The molecule has 0 saturated carbocycles. The van der Waals surface area contributed by atoms with Crippen LogP contribution in [0.2, 0.25) is 0 Å². The Morgan fingerprint density at radius 2 is 1.85 bits per heavy atom. The van der Waals surface area contributed by atoms with Crippen molar-refractivity contribution in [3.8, 4) is 0 Å². The molecular weight excluding hydrogens is 354 g/mol. The first-order chi connectivity index (χ1) is 13.0. The van der Waals surface area contributed by atoms with Crippen LogP contribution >= 0.6 is 0 Å². The fourth-order valence-corrected chi connectivity index (χ4v) is 2.70. The van der Waals surface area contributed by atoms with Gasteiger partial charge in [-0.05, 0) is 30.7 Å². The van der Waals surface area contributed by atoms with Crippen molar-refractivity contribution < 1.29 is 18.4 Å². The minimum absolute atomic E-state index is 0.190. The smallest absolute Gasteiger partial charge is 0.252 e. The number of imidazole rings is 1. The number of carbonyl (C=O) groups excluding carboxylic acids is 2. The molecule has 6 nitrogen and oxygen atoms in total. The Morgan fingerprint density at radius 1 is 1.15 bits per heavy atom. The number of rotatable bonds is 6. The maximum absolute atomic E-state index is 13.3. The third-order valence-electron chi connectivity index (χ3n) is 3.95. The predicted molar refractivity (Wildman–Crippen MR) is 97.2 cm³/mol. The summed E-state index contributed by atoms with van der Waals surface area (Å²) in [6.07, 6.45) is 0.978. The Hall–Kier alpha value is -3.29. The van der Waals surface area contributed by atoms with E-state index in [-0.39, 0.29) is 11.5 Å². The number of halogens is 2. The van der Waals surface area contributed by atoms with Gasteiger partial charge >= 0.3 is 0 Å². The molecule has 27 heavy (non-hydrogen) atoms. The molecule has 140 valence electrons. The van der Waals surface area contributed by atoms with E-state index in [4.69, 9.17) is 0 Å². The average molecular weight is 372 g/mol. The average Bonchev–Trinajstić information content (AvgIpc) is 3.02. The molecule has 3 N–H and O–H groups in total. The molecule has 1 unspecified atom stereocenters. The Morgan fingerprint density at radius 3 is 2.52 bits per heavy atom.